The summed E-state index contributed by atoms with van der Waals surface area (Å²) in [5, 5.41) is 9.25. The van der Waals surface area contributed by atoms with Crippen LogP contribution in [0, 0.1) is 23.1 Å². The first-order valence-corrected chi connectivity index (χ1v) is 11.1. The highest BCUT2D eigenvalue weighted by molar-refractivity contribution is 6.07. The van der Waals surface area contributed by atoms with Crippen LogP contribution in [0.2, 0.25) is 0 Å². The van der Waals surface area contributed by atoms with Gasteiger partial charge in [-0.2, -0.15) is 5.26 Å². The van der Waals surface area contributed by atoms with Gasteiger partial charge in [0.15, 0.2) is 11.5 Å². The fourth-order valence-corrected chi connectivity index (χ4v) is 5.45. The zero-order chi connectivity index (χ0) is 23.3. The van der Waals surface area contributed by atoms with Crippen molar-refractivity contribution in [2.45, 2.75) is 43.9 Å². The third-order valence-corrected chi connectivity index (χ3v) is 6.97. The first-order chi connectivity index (χ1) is 15.9. The minimum absolute atomic E-state index is 0.0120. The number of likely N-dealkylation sites (N-methyl/N-ethyl adjacent to an activating group) is 1. The molecule has 8 heteroatoms. The molecule has 33 heavy (non-hydrogen) atoms. The van der Waals surface area contributed by atoms with E-state index in [-0.39, 0.29) is 35.6 Å². The van der Waals surface area contributed by atoms with Crippen molar-refractivity contribution in [3.8, 4) is 22.9 Å². The molecule has 2 aromatic rings. The number of aliphatic imine (C=N–C) groups is 1. The number of benzene rings is 2. The van der Waals surface area contributed by atoms with Crippen molar-refractivity contribution in [2.75, 3.05) is 13.7 Å². The molecular weight excluding hydrogens is 423 g/mol. The molecule has 0 saturated heterocycles. The SMILES string of the molecule is CCOC1CCC2Oc3ccc(-c4cc(F)cc(C#N)c4)cc3C3(N=C(N)N(C)C3=O)C2C1. The number of rotatable bonds is 3. The van der Waals surface area contributed by atoms with Crippen molar-refractivity contribution in [2.24, 2.45) is 16.6 Å². The van der Waals surface area contributed by atoms with Crippen molar-refractivity contribution >= 4 is 11.9 Å². The predicted molar refractivity (Wildman–Crippen MR) is 120 cm³/mol. The molecule has 1 aliphatic carbocycles. The van der Waals surface area contributed by atoms with Crippen LogP contribution in [0.3, 0.4) is 0 Å². The van der Waals surface area contributed by atoms with Crippen molar-refractivity contribution in [3.63, 3.8) is 0 Å². The van der Waals surface area contributed by atoms with Gasteiger partial charge in [0.05, 0.1) is 17.7 Å². The van der Waals surface area contributed by atoms with Crippen LogP contribution in [0.1, 0.15) is 37.3 Å². The molecule has 5 rings (SSSR count). The van der Waals surface area contributed by atoms with Gasteiger partial charge < -0.3 is 15.2 Å². The van der Waals surface area contributed by atoms with Gasteiger partial charge in [0.2, 0.25) is 0 Å². The van der Waals surface area contributed by atoms with Crippen LogP contribution in [0.4, 0.5) is 4.39 Å². The van der Waals surface area contributed by atoms with Gasteiger partial charge in [0, 0.05) is 25.1 Å². The Morgan fingerprint density at radius 3 is 2.82 bits per heavy atom. The van der Waals surface area contributed by atoms with Crippen LogP contribution < -0.4 is 10.5 Å². The molecule has 4 unspecified atom stereocenters. The van der Waals surface area contributed by atoms with Crippen molar-refractivity contribution in [1.82, 2.24) is 4.90 Å². The number of carbonyl (C=O) groups excluding carboxylic acids is 1. The monoisotopic (exact) mass is 448 g/mol. The van der Waals surface area contributed by atoms with E-state index < -0.39 is 11.4 Å². The Morgan fingerprint density at radius 2 is 2.12 bits per heavy atom. The molecule has 2 N–H and O–H groups in total. The molecule has 0 bridgehead atoms. The van der Waals surface area contributed by atoms with Gasteiger partial charge in [0.25, 0.3) is 5.91 Å². The second kappa shape index (κ2) is 7.85. The van der Waals surface area contributed by atoms with Gasteiger partial charge in [-0.05, 0) is 67.6 Å². The number of nitrogens with two attached hydrogens (primary N) is 1. The summed E-state index contributed by atoms with van der Waals surface area (Å²) in [7, 11) is 1.62. The van der Waals surface area contributed by atoms with Crippen LogP contribution in [-0.4, -0.2) is 42.6 Å². The van der Waals surface area contributed by atoms with Crippen molar-refractivity contribution in [3.05, 3.63) is 53.3 Å². The van der Waals surface area contributed by atoms with Crippen LogP contribution in [0.15, 0.2) is 41.4 Å². The fourth-order valence-electron chi connectivity index (χ4n) is 5.45. The quantitative estimate of drug-likeness (QED) is 0.776. The Labute approximate surface area is 191 Å². The highest BCUT2D eigenvalue weighted by Crippen LogP contribution is 2.54. The number of hydrogen-bond donors (Lipinski definition) is 1. The van der Waals surface area contributed by atoms with Gasteiger partial charge in [-0.1, -0.05) is 6.07 Å². The lowest BCUT2D eigenvalue weighted by Gasteiger charge is -2.47. The van der Waals surface area contributed by atoms with Gasteiger partial charge in [-0.25, -0.2) is 9.38 Å². The summed E-state index contributed by atoms with van der Waals surface area (Å²) in [4.78, 5) is 19.9. The molecule has 1 fully saturated rings. The molecule has 1 saturated carbocycles. The average molecular weight is 448 g/mol. The molecule has 2 aliphatic heterocycles. The van der Waals surface area contributed by atoms with Crippen LogP contribution in [0.5, 0.6) is 5.75 Å². The van der Waals surface area contributed by atoms with E-state index in [2.05, 4.69) is 0 Å². The number of halogens is 1. The molecule has 1 spiro atoms. The van der Waals surface area contributed by atoms with Crippen molar-refractivity contribution < 1.29 is 18.7 Å². The molecule has 7 nitrogen and oxygen atoms in total. The first kappa shape index (κ1) is 21.4. The highest BCUT2D eigenvalue weighted by atomic mass is 19.1. The van der Waals surface area contributed by atoms with Gasteiger partial charge in [0.1, 0.15) is 17.7 Å². The maximum absolute atomic E-state index is 14.1. The second-order valence-electron chi connectivity index (χ2n) is 8.81. The van der Waals surface area contributed by atoms with Gasteiger partial charge in [-0.3, -0.25) is 9.69 Å². The smallest absolute Gasteiger partial charge is 0.262 e. The maximum atomic E-state index is 14.1. The molecule has 0 radical (unpaired) electrons. The van der Waals surface area contributed by atoms with Crippen molar-refractivity contribution in [1.29, 1.82) is 5.26 Å². The third kappa shape index (κ3) is 3.26. The fraction of sp³-hybridized carbons (Fsp3) is 0.400. The Hall–Kier alpha value is -3.44. The van der Waals surface area contributed by atoms with Crippen LogP contribution in [0.25, 0.3) is 11.1 Å². The molecule has 2 aromatic carbocycles. The minimum atomic E-state index is -1.23. The summed E-state index contributed by atoms with van der Waals surface area (Å²) in [6.07, 6.45) is 2.04. The Balaban J connectivity index is 1.68. The van der Waals surface area contributed by atoms with E-state index in [4.69, 9.17) is 20.2 Å². The molecule has 0 aromatic heterocycles. The standard InChI is InChI=1S/C25H25FN4O3/c1-3-32-18-5-7-22-20(12-18)25(23(31)30(2)24(28)29-25)19-11-15(4-6-21(19)33-22)16-8-14(13-27)9-17(26)10-16/h4,6,8-11,18,20,22H,3,5,7,12H2,1-2H3,(H2,28,29). The number of fused-ring (bicyclic) bond motifs is 4. The zero-order valence-electron chi connectivity index (χ0n) is 18.5. The third-order valence-electron chi connectivity index (χ3n) is 6.97. The van der Waals surface area contributed by atoms with Crippen LogP contribution >= 0.6 is 0 Å². The van der Waals surface area contributed by atoms with Gasteiger partial charge in [-0.15, -0.1) is 0 Å². The number of carbonyl (C=O) groups is 1. The van der Waals surface area contributed by atoms with E-state index in [0.717, 1.165) is 12.8 Å². The van der Waals surface area contributed by atoms with E-state index in [9.17, 15) is 14.4 Å². The van der Waals surface area contributed by atoms with E-state index >= 15 is 0 Å². The molecular formula is C25H25FN4O3. The Kier molecular flexibility index (Phi) is 5.09. The summed E-state index contributed by atoms with van der Waals surface area (Å²) >= 11 is 0. The minimum Gasteiger partial charge on any atom is -0.490 e. The average Bonchev–Trinajstić information content (AvgIpc) is 3.04. The molecule has 3 aliphatic rings. The lowest BCUT2D eigenvalue weighted by Crippen LogP contribution is -2.55. The van der Waals surface area contributed by atoms with E-state index in [1.54, 1.807) is 19.2 Å². The molecule has 4 atom stereocenters. The van der Waals surface area contributed by atoms with Crippen LogP contribution in [-0.2, 0) is 15.1 Å². The van der Waals surface area contributed by atoms with E-state index in [0.29, 0.717) is 35.5 Å². The summed E-state index contributed by atoms with van der Waals surface area (Å²) in [5.74, 6) is -0.215. The normalized spacial score (nSPS) is 28.1. The number of amides is 1. The maximum Gasteiger partial charge on any atom is 0.262 e. The number of nitriles is 1. The lowest BCUT2D eigenvalue weighted by molar-refractivity contribution is -0.139. The summed E-state index contributed by atoms with van der Waals surface area (Å²) in [5.41, 5.74) is 6.96. The number of ether oxygens (including phenoxy) is 2. The number of nitrogens with zero attached hydrogens (tertiary/aromatic N) is 3. The second-order valence-corrected chi connectivity index (χ2v) is 8.81. The van der Waals surface area contributed by atoms with E-state index in [1.165, 1.54) is 17.0 Å². The lowest BCUT2D eigenvalue weighted by atomic mass is 9.66. The first-order valence-electron chi connectivity index (χ1n) is 11.1. The largest absolute Gasteiger partial charge is 0.490 e. The molecule has 170 valence electrons. The summed E-state index contributed by atoms with van der Waals surface area (Å²) in [6.45, 7) is 2.55. The topological polar surface area (TPSA) is 101 Å². The predicted octanol–water partition coefficient (Wildman–Crippen LogP) is 3.31. The Bertz CT molecular complexity index is 1210. The van der Waals surface area contributed by atoms with Gasteiger partial charge >= 0.3 is 0 Å². The summed E-state index contributed by atoms with van der Waals surface area (Å²) < 4.78 is 26.4. The zero-order valence-corrected chi connectivity index (χ0v) is 18.5. The number of guanidine groups is 1. The molecule has 2 heterocycles. The highest BCUT2D eigenvalue weighted by Gasteiger charge is 2.61. The summed E-state index contributed by atoms with van der Waals surface area (Å²) in [6, 6.07) is 11.6. The Morgan fingerprint density at radius 1 is 1.30 bits per heavy atom. The number of hydrogen-bond acceptors (Lipinski definition) is 6. The van der Waals surface area contributed by atoms with E-state index in [1.807, 2.05) is 25.1 Å². The molecule has 1 amide bonds.